The van der Waals surface area contributed by atoms with Crippen molar-refractivity contribution < 1.29 is 9.59 Å². The van der Waals surface area contributed by atoms with Gasteiger partial charge in [-0.25, -0.2) is 0 Å². The maximum atomic E-state index is 12.6. The number of benzene rings is 1. The average Bonchev–Trinajstić information content (AvgIpc) is 2.68. The number of hydrogen-bond acceptors (Lipinski definition) is 4. The number of likely N-dealkylation sites (tertiary alicyclic amines) is 1. The SMILES string of the molecule is CC(c1ccccc1Cl)N1CCN(CC(=O)N2CCCC(C(N)=O)C2)CC1. The van der Waals surface area contributed by atoms with Crippen LogP contribution in [0.15, 0.2) is 24.3 Å². The number of nitrogens with zero attached hydrogens (tertiary/aromatic N) is 3. The van der Waals surface area contributed by atoms with Crippen LogP contribution in [0, 0.1) is 5.92 Å². The summed E-state index contributed by atoms with van der Waals surface area (Å²) in [6, 6.07) is 8.24. The van der Waals surface area contributed by atoms with E-state index >= 15 is 0 Å². The molecule has 0 radical (unpaired) electrons. The quantitative estimate of drug-likeness (QED) is 0.828. The predicted octanol–water partition coefficient (Wildman–Crippen LogP) is 1.74. The molecule has 2 unspecified atom stereocenters. The van der Waals surface area contributed by atoms with Crippen LogP contribution in [-0.4, -0.2) is 72.3 Å². The summed E-state index contributed by atoms with van der Waals surface area (Å²) in [7, 11) is 0. The molecule has 2 fully saturated rings. The zero-order valence-electron chi connectivity index (χ0n) is 15.9. The van der Waals surface area contributed by atoms with Crippen molar-refractivity contribution in [1.29, 1.82) is 0 Å². The van der Waals surface area contributed by atoms with Crippen LogP contribution in [0.2, 0.25) is 5.02 Å². The third kappa shape index (κ3) is 5.00. The zero-order chi connectivity index (χ0) is 19.4. The number of piperidine rings is 1. The molecule has 0 bridgehead atoms. The Balaban J connectivity index is 1.48. The molecule has 2 aliphatic rings. The predicted molar refractivity (Wildman–Crippen MR) is 106 cm³/mol. The van der Waals surface area contributed by atoms with Crippen molar-refractivity contribution in [3.8, 4) is 0 Å². The van der Waals surface area contributed by atoms with Gasteiger partial charge in [0, 0.05) is 50.3 Å². The van der Waals surface area contributed by atoms with Crippen LogP contribution in [0.4, 0.5) is 0 Å². The maximum Gasteiger partial charge on any atom is 0.236 e. The lowest BCUT2D eigenvalue weighted by atomic mass is 9.97. The Labute approximate surface area is 166 Å². The number of carbonyl (C=O) groups is 2. The molecule has 0 aliphatic carbocycles. The third-order valence-electron chi connectivity index (χ3n) is 5.85. The fraction of sp³-hybridized carbons (Fsp3) is 0.600. The molecular formula is C20H29ClN4O2. The van der Waals surface area contributed by atoms with Gasteiger partial charge in [-0.3, -0.25) is 19.4 Å². The van der Waals surface area contributed by atoms with Gasteiger partial charge in [-0.1, -0.05) is 29.8 Å². The lowest BCUT2D eigenvalue weighted by Crippen LogP contribution is -2.52. The van der Waals surface area contributed by atoms with Crippen LogP contribution in [0.1, 0.15) is 31.4 Å². The molecule has 27 heavy (non-hydrogen) atoms. The minimum atomic E-state index is -0.297. The summed E-state index contributed by atoms with van der Waals surface area (Å²) in [4.78, 5) is 30.4. The van der Waals surface area contributed by atoms with Gasteiger partial charge in [0.05, 0.1) is 12.5 Å². The molecule has 7 heteroatoms. The molecule has 2 saturated heterocycles. The van der Waals surface area contributed by atoms with Crippen molar-refractivity contribution in [2.45, 2.75) is 25.8 Å². The summed E-state index contributed by atoms with van der Waals surface area (Å²) < 4.78 is 0. The van der Waals surface area contributed by atoms with Gasteiger partial charge in [0.15, 0.2) is 0 Å². The van der Waals surface area contributed by atoms with E-state index < -0.39 is 0 Å². The number of carbonyl (C=O) groups excluding carboxylic acids is 2. The molecule has 0 aromatic heterocycles. The van der Waals surface area contributed by atoms with Crippen molar-refractivity contribution in [3.63, 3.8) is 0 Å². The number of amides is 2. The van der Waals surface area contributed by atoms with Gasteiger partial charge in [-0.2, -0.15) is 0 Å². The van der Waals surface area contributed by atoms with E-state index in [1.807, 2.05) is 18.2 Å². The molecule has 2 aliphatic heterocycles. The number of piperazine rings is 1. The molecule has 1 aromatic carbocycles. The normalized spacial score (nSPS) is 23.2. The van der Waals surface area contributed by atoms with Crippen LogP contribution in [0.25, 0.3) is 0 Å². The van der Waals surface area contributed by atoms with Crippen LogP contribution >= 0.6 is 11.6 Å². The highest BCUT2D eigenvalue weighted by atomic mass is 35.5. The van der Waals surface area contributed by atoms with E-state index in [0.717, 1.165) is 56.2 Å². The van der Waals surface area contributed by atoms with E-state index in [-0.39, 0.29) is 23.8 Å². The second kappa shape index (κ2) is 9.04. The zero-order valence-corrected chi connectivity index (χ0v) is 16.7. The highest BCUT2D eigenvalue weighted by molar-refractivity contribution is 6.31. The summed E-state index contributed by atoms with van der Waals surface area (Å²) in [5.74, 6) is -0.390. The largest absolute Gasteiger partial charge is 0.369 e. The Morgan fingerprint density at radius 1 is 1.19 bits per heavy atom. The van der Waals surface area contributed by atoms with E-state index in [4.69, 9.17) is 17.3 Å². The highest BCUT2D eigenvalue weighted by Gasteiger charge is 2.29. The van der Waals surface area contributed by atoms with Crippen LogP contribution in [0.3, 0.4) is 0 Å². The van der Waals surface area contributed by atoms with E-state index in [0.29, 0.717) is 13.1 Å². The topological polar surface area (TPSA) is 69.9 Å². The Hall–Kier alpha value is -1.63. The Bertz CT molecular complexity index is 676. The van der Waals surface area contributed by atoms with Crippen molar-refractivity contribution >= 4 is 23.4 Å². The van der Waals surface area contributed by atoms with E-state index in [2.05, 4.69) is 22.8 Å². The second-order valence-corrected chi connectivity index (χ2v) is 8.00. The van der Waals surface area contributed by atoms with E-state index in [1.165, 1.54) is 0 Å². The van der Waals surface area contributed by atoms with Gasteiger partial charge in [0.2, 0.25) is 11.8 Å². The number of nitrogens with two attached hydrogens (primary N) is 1. The molecule has 2 heterocycles. The van der Waals surface area contributed by atoms with Crippen molar-refractivity contribution in [2.75, 3.05) is 45.8 Å². The first-order valence-corrected chi connectivity index (χ1v) is 10.1. The lowest BCUT2D eigenvalue weighted by Gasteiger charge is -2.39. The smallest absolute Gasteiger partial charge is 0.236 e. The first-order chi connectivity index (χ1) is 13.0. The Morgan fingerprint density at radius 3 is 2.56 bits per heavy atom. The summed E-state index contributed by atoms with van der Waals surface area (Å²) >= 11 is 6.34. The van der Waals surface area contributed by atoms with Gasteiger partial charge >= 0.3 is 0 Å². The van der Waals surface area contributed by atoms with Gasteiger partial charge in [0.25, 0.3) is 0 Å². The fourth-order valence-corrected chi connectivity index (χ4v) is 4.34. The monoisotopic (exact) mass is 392 g/mol. The third-order valence-corrected chi connectivity index (χ3v) is 6.19. The molecule has 2 N–H and O–H groups in total. The maximum absolute atomic E-state index is 12.6. The lowest BCUT2D eigenvalue weighted by molar-refractivity contribution is -0.136. The second-order valence-electron chi connectivity index (χ2n) is 7.59. The number of rotatable bonds is 5. The first kappa shape index (κ1) is 20.1. The van der Waals surface area contributed by atoms with Crippen LogP contribution in [-0.2, 0) is 9.59 Å². The summed E-state index contributed by atoms with van der Waals surface area (Å²) in [5.41, 5.74) is 6.56. The molecule has 148 valence electrons. The standard InChI is InChI=1S/C20H29ClN4O2/c1-15(17-6-2-3-7-18(17)21)24-11-9-23(10-12-24)14-19(26)25-8-4-5-16(13-25)20(22)27/h2-3,6-7,15-16H,4-5,8-14H2,1H3,(H2,22,27). The van der Waals surface area contributed by atoms with Crippen LogP contribution in [0.5, 0.6) is 0 Å². The summed E-state index contributed by atoms with van der Waals surface area (Å²) in [6.07, 6.45) is 1.64. The van der Waals surface area contributed by atoms with Gasteiger partial charge < -0.3 is 10.6 Å². The number of primary amides is 1. The van der Waals surface area contributed by atoms with E-state index in [9.17, 15) is 9.59 Å². The molecule has 6 nitrogen and oxygen atoms in total. The molecular weight excluding hydrogens is 364 g/mol. The number of hydrogen-bond donors (Lipinski definition) is 1. The summed E-state index contributed by atoms with van der Waals surface area (Å²) in [6.45, 7) is 7.32. The minimum Gasteiger partial charge on any atom is -0.369 e. The molecule has 3 rings (SSSR count). The average molecular weight is 393 g/mol. The first-order valence-electron chi connectivity index (χ1n) is 9.73. The van der Waals surface area contributed by atoms with Crippen molar-refractivity contribution in [3.05, 3.63) is 34.9 Å². The van der Waals surface area contributed by atoms with Gasteiger partial charge in [-0.15, -0.1) is 0 Å². The molecule has 1 aromatic rings. The Morgan fingerprint density at radius 2 is 1.89 bits per heavy atom. The Kier molecular flexibility index (Phi) is 6.73. The van der Waals surface area contributed by atoms with Gasteiger partial charge in [0.1, 0.15) is 0 Å². The van der Waals surface area contributed by atoms with Crippen LogP contribution < -0.4 is 5.73 Å². The molecule has 2 atom stereocenters. The van der Waals surface area contributed by atoms with E-state index in [1.54, 1.807) is 4.90 Å². The van der Waals surface area contributed by atoms with Crippen molar-refractivity contribution in [2.24, 2.45) is 11.7 Å². The highest BCUT2D eigenvalue weighted by Crippen LogP contribution is 2.27. The summed E-state index contributed by atoms with van der Waals surface area (Å²) in [5, 5.41) is 0.803. The van der Waals surface area contributed by atoms with Gasteiger partial charge in [-0.05, 0) is 31.4 Å². The minimum absolute atomic E-state index is 0.105. The number of halogens is 1. The fourth-order valence-electron chi connectivity index (χ4n) is 4.05. The van der Waals surface area contributed by atoms with Crippen molar-refractivity contribution in [1.82, 2.24) is 14.7 Å². The molecule has 0 spiro atoms. The molecule has 0 saturated carbocycles. The molecule has 2 amide bonds.